The average molecular weight is 318 g/mol. The molecule has 1 aromatic carbocycles. The molecule has 0 amide bonds. The van der Waals surface area contributed by atoms with Gasteiger partial charge in [0.1, 0.15) is 11.7 Å². The molecule has 0 fully saturated rings. The van der Waals surface area contributed by atoms with Crippen LogP contribution < -0.4 is 5.73 Å². The highest BCUT2D eigenvalue weighted by Gasteiger charge is 2.61. The summed E-state index contributed by atoms with van der Waals surface area (Å²) in [7, 11) is 0. The molecule has 0 aliphatic heterocycles. The van der Waals surface area contributed by atoms with E-state index in [0.717, 1.165) is 5.56 Å². The number of benzene rings is 1. The Hall–Kier alpha value is -3.43. The Morgan fingerprint density at radius 1 is 1.21 bits per heavy atom. The lowest BCUT2D eigenvalue weighted by Gasteiger charge is -2.31. The summed E-state index contributed by atoms with van der Waals surface area (Å²) in [6.07, 6.45) is -0.255. The predicted octanol–water partition coefficient (Wildman–Crippen LogP) is 1.93. The number of nitrogens with zero attached hydrogens (tertiary/aromatic N) is 3. The molecule has 0 radical (unpaired) electrons. The number of aldehydes is 1. The van der Waals surface area contributed by atoms with E-state index in [0.29, 0.717) is 11.8 Å². The van der Waals surface area contributed by atoms with Gasteiger partial charge in [-0.25, -0.2) is 0 Å². The van der Waals surface area contributed by atoms with E-state index < -0.39 is 23.0 Å². The van der Waals surface area contributed by atoms with E-state index in [9.17, 15) is 25.4 Å². The Labute approximate surface area is 139 Å². The van der Waals surface area contributed by atoms with Gasteiger partial charge in [-0.05, 0) is 6.92 Å². The molecular formula is C18H14N4O2. The third-order valence-corrected chi connectivity index (χ3v) is 4.50. The minimum absolute atomic E-state index is 0.0244. The van der Waals surface area contributed by atoms with Crippen molar-refractivity contribution >= 4 is 12.1 Å². The van der Waals surface area contributed by atoms with Crippen molar-refractivity contribution in [2.75, 3.05) is 0 Å². The Morgan fingerprint density at radius 3 is 2.25 bits per heavy atom. The summed E-state index contributed by atoms with van der Waals surface area (Å²) in [5.41, 5.74) is 3.41. The third kappa shape index (κ3) is 2.24. The summed E-state index contributed by atoms with van der Waals surface area (Å²) in [6, 6.07) is 12.2. The predicted molar refractivity (Wildman–Crippen MR) is 83.7 cm³/mol. The van der Waals surface area contributed by atoms with Crippen LogP contribution in [0.5, 0.6) is 0 Å². The van der Waals surface area contributed by atoms with Crippen LogP contribution in [-0.2, 0) is 4.79 Å². The number of allylic oxidation sites excluding steroid dienone is 2. The number of hydrogen-bond acceptors (Lipinski definition) is 6. The fourth-order valence-corrected chi connectivity index (χ4v) is 2.96. The van der Waals surface area contributed by atoms with Crippen LogP contribution in [0, 0.1) is 51.7 Å². The lowest BCUT2D eigenvalue weighted by atomic mass is 9.63. The molecule has 1 aliphatic rings. The van der Waals surface area contributed by atoms with Gasteiger partial charge in [-0.1, -0.05) is 29.8 Å². The van der Waals surface area contributed by atoms with Crippen molar-refractivity contribution in [3.63, 3.8) is 0 Å². The van der Waals surface area contributed by atoms with Gasteiger partial charge < -0.3 is 5.73 Å². The van der Waals surface area contributed by atoms with Gasteiger partial charge in [-0.15, -0.1) is 0 Å². The van der Waals surface area contributed by atoms with E-state index in [2.05, 4.69) is 0 Å². The molecule has 6 heteroatoms. The SMILES string of the molecule is Cc1ccc(C(=O)C[C@]2(C#N)C(N)=C(C=O)CC2(C#N)C#N)cc1. The summed E-state index contributed by atoms with van der Waals surface area (Å²) in [4.78, 5) is 23.8. The van der Waals surface area contributed by atoms with Crippen molar-refractivity contribution < 1.29 is 9.59 Å². The van der Waals surface area contributed by atoms with Crippen LogP contribution in [0.2, 0.25) is 0 Å². The fraction of sp³-hybridized carbons (Fsp3) is 0.278. The van der Waals surface area contributed by atoms with Gasteiger partial charge in [0.15, 0.2) is 11.2 Å². The average Bonchev–Trinajstić information content (AvgIpc) is 2.84. The molecule has 2 N–H and O–H groups in total. The van der Waals surface area contributed by atoms with Crippen LogP contribution in [0.4, 0.5) is 0 Å². The zero-order valence-electron chi connectivity index (χ0n) is 13.0. The summed E-state index contributed by atoms with van der Waals surface area (Å²) in [6.45, 7) is 1.87. The normalized spacial score (nSPS) is 21.4. The summed E-state index contributed by atoms with van der Waals surface area (Å²) in [5.74, 6) is -0.415. The van der Waals surface area contributed by atoms with Crippen molar-refractivity contribution in [2.45, 2.75) is 19.8 Å². The number of Topliss-reactive ketones (excluding diaryl/α,β-unsaturated/α-hetero) is 1. The molecule has 0 unspecified atom stereocenters. The first-order valence-electron chi connectivity index (χ1n) is 7.17. The van der Waals surface area contributed by atoms with Gasteiger partial charge in [-0.2, -0.15) is 15.8 Å². The fourth-order valence-electron chi connectivity index (χ4n) is 2.96. The quantitative estimate of drug-likeness (QED) is 0.666. The second kappa shape index (κ2) is 5.99. The maximum Gasteiger partial charge on any atom is 0.172 e. The van der Waals surface area contributed by atoms with Crippen molar-refractivity contribution in [2.24, 2.45) is 16.6 Å². The number of nitriles is 3. The summed E-state index contributed by atoms with van der Waals surface area (Å²) < 4.78 is 0. The maximum absolute atomic E-state index is 12.6. The van der Waals surface area contributed by atoms with E-state index in [4.69, 9.17) is 5.73 Å². The Bertz CT molecular complexity index is 848. The third-order valence-electron chi connectivity index (χ3n) is 4.50. The number of hydrogen-bond donors (Lipinski definition) is 1. The molecule has 2 rings (SSSR count). The molecule has 6 nitrogen and oxygen atoms in total. The minimum Gasteiger partial charge on any atom is -0.400 e. The van der Waals surface area contributed by atoms with Crippen LogP contribution in [0.15, 0.2) is 35.5 Å². The Morgan fingerprint density at radius 2 is 1.79 bits per heavy atom. The van der Waals surface area contributed by atoms with Gasteiger partial charge in [0.25, 0.3) is 0 Å². The Balaban J connectivity index is 2.55. The smallest absolute Gasteiger partial charge is 0.172 e. The zero-order chi connectivity index (χ0) is 18.0. The number of rotatable bonds is 4. The largest absolute Gasteiger partial charge is 0.400 e. The van der Waals surface area contributed by atoms with Crippen LogP contribution in [0.1, 0.15) is 28.8 Å². The van der Waals surface area contributed by atoms with E-state index in [-0.39, 0.29) is 17.7 Å². The molecule has 118 valence electrons. The van der Waals surface area contributed by atoms with Gasteiger partial charge in [0.2, 0.25) is 0 Å². The first-order chi connectivity index (χ1) is 11.4. The highest BCUT2D eigenvalue weighted by atomic mass is 16.1. The molecule has 0 aromatic heterocycles. The molecular weight excluding hydrogens is 304 g/mol. The van der Waals surface area contributed by atoms with Crippen LogP contribution >= 0.6 is 0 Å². The number of aryl methyl sites for hydroxylation is 1. The standard InChI is InChI=1S/C18H14N4O2/c1-12-2-4-13(5-3-12)15(24)7-18(11-21)16(22)14(8-23)6-17(18,9-19)10-20/h2-5,8H,6-7,22H2,1H3/t18-/m0/s1. The van der Waals surface area contributed by atoms with E-state index in [1.807, 2.05) is 25.1 Å². The lowest BCUT2D eigenvalue weighted by molar-refractivity contribution is -0.105. The number of carbonyl (C=O) groups is 2. The van der Waals surface area contributed by atoms with Crippen molar-refractivity contribution in [1.82, 2.24) is 0 Å². The van der Waals surface area contributed by atoms with Gasteiger partial charge in [0, 0.05) is 29.7 Å². The van der Waals surface area contributed by atoms with E-state index >= 15 is 0 Å². The van der Waals surface area contributed by atoms with Crippen LogP contribution in [0.3, 0.4) is 0 Å². The minimum atomic E-state index is -1.86. The molecule has 1 atom stereocenters. The number of carbonyl (C=O) groups excluding carboxylic acids is 2. The second-order valence-corrected chi connectivity index (χ2v) is 5.85. The molecule has 0 saturated carbocycles. The number of nitrogens with two attached hydrogens (primary N) is 1. The van der Waals surface area contributed by atoms with E-state index in [1.54, 1.807) is 24.3 Å². The maximum atomic E-state index is 12.6. The molecule has 0 saturated heterocycles. The molecule has 0 bridgehead atoms. The van der Waals surface area contributed by atoms with Gasteiger partial charge >= 0.3 is 0 Å². The molecule has 0 spiro atoms. The van der Waals surface area contributed by atoms with Crippen molar-refractivity contribution in [1.29, 1.82) is 15.8 Å². The van der Waals surface area contributed by atoms with Gasteiger partial charge in [-0.3, -0.25) is 9.59 Å². The Kier molecular flexibility index (Phi) is 4.22. The second-order valence-electron chi connectivity index (χ2n) is 5.85. The van der Waals surface area contributed by atoms with Crippen LogP contribution in [-0.4, -0.2) is 12.1 Å². The van der Waals surface area contributed by atoms with Crippen molar-refractivity contribution in [3.05, 3.63) is 46.7 Å². The highest BCUT2D eigenvalue weighted by molar-refractivity contribution is 5.97. The first kappa shape index (κ1) is 16.9. The molecule has 1 aliphatic carbocycles. The van der Waals surface area contributed by atoms with Crippen LogP contribution in [0.25, 0.3) is 0 Å². The van der Waals surface area contributed by atoms with Gasteiger partial charge in [0.05, 0.1) is 18.2 Å². The topological polar surface area (TPSA) is 132 Å². The molecule has 24 heavy (non-hydrogen) atoms. The summed E-state index contributed by atoms with van der Waals surface area (Å²) >= 11 is 0. The molecule has 1 aromatic rings. The highest BCUT2D eigenvalue weighted by Crippen LogP contribution is 2.55. The van der Waals surface area contributed by atoms with E-state index in [1.165, 1.54) is 0 Å². The van der Waals surface area contributed by atoms with Crippen molar-refractivity contribution in [3.8, 4) is 18.2 Å². The monoisotopic (exact) mass is 318 g/mol. The number of ketones is 1. The molecule has 0 heterocycles. The summed E-state index contributed by atoms with van der Waals surface area (Å²) in [5, 5.41) is 28.7. The zero-order valence-corrected chi connectivity index (χ0v) is 13.0. The lowest BCUT2D eigenvalue weighted by Crippen LogP contribution is -2.41. The first-order valence-corrected chi connectivity index (χ1v) is 7.17.